The third-order valence-electron chi connectivity index (χ3n) is 3.14. The number of benzene rings is 1. The Morgan fingerprint density at radius 1 is 1.30 bits per heavy atom. The quantitative estimate of drug-likeness (QED) is 0.883. The minimum atomic E-state index is 0.748. The second kappa shape index (κ2) is 6.66. The topological polar surface area (TPSA) is 33.1 Å². The van der Waals surface area contributed by atoms with E-state index in [4.69, 9.17) is 11.6 Å². The van der Waals surface area contributed by atoms with Gasteiger partial charge in [0.25, 0.3) is 0 Å². The van der Waals surface area contributed by atoms with Gasteiger partial charge in [-0.25, -0.2) is 0 Å². The van der Waals surface area contributed by atoms with E-state index in [-0.39, 0.29) is 0 Å². The van der Waals surface area contributed by atoms with E-state index >= 15 is 0 Å². The molecule has 4 nitrogen and oxygen atoms in total. The number of nitrogens with one attached hydrogen (secondary N) is 1. The van der Waals surface area contributed by atoms with Gasteiger partial charge < -0.3 is 10.2 Å². The number of hydrogen-bond donors (Lipinski definition) is 1. The molecule has 0 unspecified atom stereocenters. The highest BCUT2D eigenvalue weighted by Gasteiger charge is 2.05. The summed E-state index contributed by atoms with van der Waals surface area (Å²) in [5.41, 5.74) is 3.22. The molecule has 1 heterocycles. The van der Waals surface area contributed by atoms with Crippen LogP contribution in [0.1, 0.15) is 19.0 Å². The predicted octanol–water partition coefficient (Wildman–Crippen LogP) is 3.62. The van der Waals surface area contributed by atoms with Gasteiger partial charge in [-0.2, -0.15) is 5.10 Å². The van der Waals surface area contributed by atoms with Crippen molar-refractivity contribution in [3.05, 3.63) is 41.2 Å². The zero-order valence-electron chi connectivity index (χ0n) is 12.2. The maximum Gasteiger partial charge on any atom is 0.0659 e. The van der Waals surface area contributed by atoms with Crippen LogP contribution < -0.4 is 10.2 Å². The fraction of sp³-hybridized carbons (Fsp3) is 0.400. The molecule has 0 radical (unpaired) electrons. The molecule has 2 aromatic rings. The van der Waals surface area contributed by atoms with Gasteiger partial charge in [0.1, 0.15) is 0 Å². The smallest absolute Gasteiger partial charge is 0.0659 e. The number of hydrogen-bond acceptors (Lipinski definition) is 3. The first-order valence-electron chi connectivity index (χ1n) is 6.83. The van der Waals surface area contributed by atoms with Gasteiger partial charge in [0.2, 0.25) is 0 Å². The molecule has 1 aromatic carbocycles. The van der Waals surface area contributed by atoms with Crippen LogP contribution in [0, 0.1) is 0 Å². The lowest BCUT2D eigenvalue weighted by atomic mass is 10.2. The molecule has 1 N–H and O–H groups in total. The number of aromatic nitrogens is 2. The lowest BCUT2D eigenvalue weighted by molar-refractivity contribution is 0.578. The van der Waals surface area contributed by atoms with Crippen molar-refractivity contribution >= 4 is 23.0 Å². The Labute approximate surface area is 125 Å². The Hall–Kier alpha value is -1.68. The summed E-state index contributed by atoms with van der Waals surface area (Å²) >= 11 is 6.27. The van der Waals surface area contributed by atoms with Crippen LogP contribution in [0.4, 0.5) is 11.4 Å². The Morgan fingerprint density at radius 2 is 2.10 bits per heavy atom. The first-order chi connectivity index (χ1) is 9.61. The van der Waals surface area contributed by atoms with E-state index in [1.807, 2.05) is 54.1 Å². The second-order valence-electron chi connectivity index (χ2n) is 4.96. The van der Waals surface area contributed by atoms with E-state index in [2.05, 4.69) is 17.3 Å². The van der Waals surface area contributed by atoms with E-state index in [1.165, 1.54) is 5.69 Å². The largest absolute Gasteiger partial charge is 0.379 e. The van der Waals surface area contributed by atoms with Crippen molar-refractivity contribution in [3.63, 3.8) is 0 Å². The molecule has 20 heavy (non-hydrogen) atoms. The van der Waals surface area contributed by atoms with Crippen molar-refractivity contribution < 1.29 is 0 Å². The Bertz CT molecular complexity index is 563. The molecule has 0 atom stereocenters. The van der Waals surface area contributed by atoms with Crippen LogP contribution in [0.2, 0.25) is 5.02 Å². The van der Waals surface area contributed by atoms with Crippen molar-refractivity contribution in [2.75, 3.05) is 24.3 Å². The fourth-order valence-electron chi connectivity index (χ4n) is 2.10. The molecular weight excluding hydrogens is 272 g/mol. The molecule has 0 fully saturated rings. The van der Waals surface area contributed by atoms with E-state index < -0.39 is 0 Å². The van der Waals surface area contributed by atoms with Gasteiger partial charge in [0.05, 0.1) is 22.9 Å². The third-order valence-corrected chi connectivity index (χ3v) is 3.45. The molecule has 0 amide bonds. The summed E-state index contributed by atoms with van der Waals surface area (Å²) in [6.07, 6.45) is 2.92. The normalized spacial score (nSPS) is 10.6. The minimum Gasteiger partial charge on any atom is -0.379 e. The highest BCUT2D eigenvalue weighted by atomic mass is 35.5. The van der Waals surface area contributed by atoms with Gasteiger partial charge in [0, 0.05) is 32.5 Å². The number of nitrogens with zero attached hydrogens (tertiary/aromatic N) is 3. The molecule has 1 aromatic heterocycles. The van der Waals surface area contributed by atoms with E-state index in [1.54, 1.807) is 0 Å². The minimum absolute atomic E-state index is 0.748. The molecule has 0 aliphatic carbocycles. The van der Waals surface area contributed by atoms with Crippen molar-refractivity contribution in [3.8, 4) is 0 Å². The number of anilines is 2. The van der Waals surface area contributed by atoms with Crippen LogP contribution in [0.25, 0.3) is 0 Å². The van der Waals surface area contributed by atoms with Crippen molar-refractivity contribution in [1.82, 2.24) is 9.78 Å². The van der Waals surface area contributed by atoms with Crippen LogP contribution in [0.5, 0.6) is 0 Å². The summed E-state index contributed by atoms with van der Waals surface area (Å²) in [7, 11) is 3.97. The predicted molar refractivity (Wildman–Crippen MR) is 85.6 cm³/mol. The SMILES string of the molecule is CCCn1nccc1CNc1ccc(N(C)C)c(Cl)c1. The van der Waals surface area contributed by atoms with E-state index in [9.17, 15) is 0 Å². The van der Waals surface area contributed by atoms with Gasteiger partial charge in [0.15, 0.2) is 0 Å². The lowest BCUT2D eigenvalue weighted by Gasteiger charge is -2.16. The standard InChI is InChI=1S/C15H21ClN4/c1-4-9-20-13(7-8-18-20)11-17-12-5-6-15(19(2)3)14(16)10-12/h5-8,10,17H,4,9,11H2,1-3H3. The Balaban J connectivity index is 2.04. The first-order valence-corrected chi connectivity index (χ1v) is 7.21. The molecule has 5 heteroatoms. The highest BCUT2D eigenvalue weighted by Crippen LogP contribution is 2.27. The van der Waals surface area contributed by atoms with Crippen LogP contribution >= 0.6 is 11.6 Å². The van der Waals surface area contributed by atoms with Crippen molar-refractivity contribution in [1.29, 1.82) is 0 Å². The third kappa shape index (κ3) is 3.45. The highest BCUT2D eigenvalue weighted by molar-refractivity contribution is 6.33. The summed E-state index contributed by atoms with van der Waals surface area (Å²) in [4.78, 5) is 2.00. The molecule has 0 spiro atoms. The van der Waals surface area contributed by atoms with E-state index in [0.717, 1.165) is 35.9 Å². The number of aryl methyl sites for hydroxylation is 1. The average molecular weight is 293 g/mol. The summed E-state index contributed by atoms with van der Waals surface area (Å²) in [6, 6.07) is 8.06. The van der Waals surface area contributed by atoms with Crippen LogP contribution in [0.3, 0.4) is 0 Å². The Morgan fingerprint density at radius 3 is 2.75 bits per heavy atom. The van der Waals surface area contributed by atoms with Crippen molar-refractivity contribution in [2.45, 2.75) is 26.4 Å². The van der Waals surface area contributed by atoms with Gasteiger partial charge >= 0.3 is 0 Å². The zero-order chi connectivity index (χ0) is 14.5. The molecule has 0 aliphatic rings. The lowest BCUT2D eigenvalue weighted by Crippen LogP contribution is -2.10. The van der Waals surface area contributed by atoms with Crippen LogP contribution in [0.15, 0.2) is 30.5 Å². The summed E-state index contributed by atoms with van der Waals surface area (Å²) < 4.78 is 2.03. The average Bonchev–Trinajstić information content (AvgIpc) is 2.84. The number of halogens is 1. The fourth-order valence-corrected chi connectivity index (χ4v) is 2.45. The molecule has 0 saturated carbocycles. The summed E-state index contributed by atoms with van der Waals surface area (Å²) in [6.45, 7) is 3.85. The first kappa shape index (κ1) is 14.7. The zero-order valence-corrected chi connectivity index (χ0v) is 13.0. The van der Waals surface area contributed by atoms with Crippen molar-refractivity contribution in [2.24, 2.45) is 0 Å². The summed E-state index contributed by atoms with van der Waals surface area (Å²) in [5.74, 6) is 0. The molecule has 108 valence electrons. The molecule has 0 aliphatic heterocycles. The maximum atomic E-state index is 6.27. The Kier molecular flexibility index (Phi) is 4.90. The van der Waals surface area contributed by atoms with Gasteiger partial charge in [-0.3, -0.25) is 4.68 Å². The van der Waals surface area contributed by atoms with E-state index in [0.29, 0.717) is 0 Å². The maximum absolute atomic E-state index is 6.27. The monoisotopic (exact) mass is 292 g/mol. The molecule has 0 saturated heterocycles. The van der Waals surface area contributed by atoms with Crippen LogP contribution in [-0.4, -0.2) is 23.9 Å². The summed E-state index contributed by atoms with van der Waals surface area (Å²) in [5, 5.41) is 8.46. The molecule has 2 rings (SSSR count). The van der Waals surface area contributed by atoms with Gasteiger partial charge in [-0.1, -0.05) is 18.5 Å². The van der Waals surface area contributed by atoms with Gasteiger partial charge in [-0.15, -0.1) is 0 Å². The van der Waals surface area contributed by atoms with Gasteiger partial charge in [-0.05, 0) is 30.7 Å². The molecule has 0 bridgehead atoms. The number of rotatable bonds is 6. The second-order valence-corrected chi connectivity index (χ2v) is 5.37. The van der Waals surface area contributed by atoms with Crippen LogP contribution in [-0.2, 0) is 13.1 Å². The molecular formula is C15H21ClN4.